The molecule has 0 spiro atoms. The highest BCUT2D eigenvalue weighted by atomic mass is 32.2. The maximum Gasteiger partial charge on any atom is 0.211 e. The molecule has 0 bridgehead atoms. The average molecular weight is 307 g/mol. The normalized spacial score (nSPS) is 16.6. The molecule has 1 nitrogen and oxygen atoms in total. The van der Waals surface area contributed by atoms with Crippen molar-refractivity contribution in [2.45, 2.75) is 25.0 Å². The number of rotatable bonds is 8. The molecule has 0 aromatic heterocycles. The van der Waals surface area contributed by atoms with E-state index in [9.17, 15) is 4.79 Å². The van der Waals surface area contributed by atoms with Crippen molar-refractivity contribution in [1.29, 1.82) is 0 Å². The summed E-state index contributed by atoms with van der Waals surface area (Å²) in [5, 5.41) is 4.26. The van der Waals surface area contributed by atoms with Crippen LogP contribution in [-0.2, 0) is 4.79 Å². The fraction of sp³-hybridized carbons (Fsp3) is 0.583. The SMILES string of the molecule is C=CC(=O)SCCCSC(C)CC1=CSCS1. The van der Waals surface area contributed by atoms with E-state index in [1.807, 2.05) is 35.3 Å². The number of allylic oxidation sites excluding steroid dienone is 1. The summed E-state index contributed by atoms with van der Waals surface area (Å²) in [6.45, 7) is 5.75. The smallest absolute Gasteiger partial charge is 0.211 e. The van der Waals surface area contributed by atoms with Gasteiger partial charge in [-0.3, -0.25) is 4.79 Å². The summed E-state index contributed by atoms with van der Waals surface area (Å²) in [6, 6.07) is 0. The van der Waals surface area contributed by atoms with Gasteiger partial charge in [-0.05, 0) is 35.0 Å². The van der Waals surface area contributed by atoms with Crippen LogP contribution in [-0.4, -0.2) is 27.0 Å². The van der Waals surface area contributed by atoms with E-state index >= 15 is 0 Å². The largest absolute Gasteiger partial charge is 0.282 e. The van der Waals surface area contributed by atoms with Gasteiger partial charge in [0.15, 0.2) is 0 Å². The molecule has 96 valence electrons. The van der Waals surface area contributed by atoms with Crippen molar-refractivity contribution >= 4 is 52.2 Å². The van der Waals surface area contributed by atoms with E-state index in [-0.39, 0.29) is 5.12 Å². The molecular weight excluding hydrogens is 288 g/mol. The van der Waals surface area contributed by atoms with Crippen molar-refractivity contribution in [2.24, 2.45) is 0 Å². The van der Waals surface area contributed by atoms with Gasteiger partial charge < -0.3 is 0 Å². The summed E-state index contributed by atoms with van der Waals surface area (Å²) in [5.74, 6) is 2.06. The van der Waals surface area contributed by atoms with Crippen LogP contribution >= 0.6 is 47.0 Å². The van der Waals surface area contributed by atoms with Crippen LogP contribution in [0.5, 0.6) is 0 Å². The molecule has 0 aromatic rings. The summed E-state index contributed by atoms with van der Waals surface area (Å²) < 4.78 is 0. The van der Waals surface area contributed by atoms with E-state index in [0.717, 1.165) is 17.9 Å². The van der Waals surface area contributed by atoms with Gasteiger partial charge in [-0.2, -0.15) is 11.8 Å². The number of carbonyl (C=O) groups excluding carboxylic acids is 1. The topological polar surface area (TPSA) is 17.1 Å². The second-order valence-electron chi connectivity index (χ2n) is 3.62. The van der Waals surface area contributed by atoms with Crippen molar-refractivity contribution < 1.29 is 4.79 Å². The molecule has 0 amide bonds. The van der Waals surface area contributed by atoms with Crippen LogP contribution in [0.25, 0.3) is 0 Å². The lowest BCUT2D eigenvalue weighted by molar-refractivity contribution is -0.107. The third kappa shape index (κ3) is 7.54. The third-order valence-electron chi connectivity index (χ3n) is 2.12. The lowest BCUT2D eigenvalue weighted by Crippen LogP contribution is -1.99. The summed E-state index contributed by atoms with van der Waals surface area (Å²) >= 11 is 7.26. The maximum atomic E-state index is 11.0. The van der Waals surface area contributed by atoms with Crippen LogP contribution in [0.3, 0.4) is 0 Å². The van der Waals surface area contributed by atoms with Gasteiger partial charge in [-0.1, -0.05) is 25.3 Å². The predicted octanol–water partition coefficient (Wildman–Crippen LogP) is 4.61. The van der Waals surface area contributed by atoms with Gasteiger partial charge in [0, 0.05) is 16.1 Å². The second-order valence-corrected chi connectivity index (χ2v) is 8.59. The van der Waals surface area contributed by atoms with Gasteiger partial charge >= 0.3 is 0 Å². The van der Waals surface area contributed by atoms with Gasteiger partial charge in [-0.15, -0.1) is 23.5 Å². The van der Waals surface area contributed by atoms with Gasteiger partial charge in [0.2, 0.25) is 5.12 Å². The molecular formula is C12H18OS4. The molecule has 1 unspecified atom stereocenters. The van der Waals surface area contributed by atoms with Crippen molar-refractivity contribution in [3.05, 3.63) is 23.0 Å². The predicted molar refractivity (Wildman–Crippen MR) is 86.9 cm³/mol. The quantitative estimate of drug-likeness (QED) is 0.479. The zero-order chi connectivity index (χ0) is 12.5. The first kappa shape index (κ1) is 15.6. The third-order valence-corrected chi connectivity index (χ3v) is 6.59. The highest BCUT2D eigenvalue weighted by molar-refractivity contribution is 8.22. The summed E-state index contributed by atoms with van der Waals surface area (Å²) in [4.78, 5) is 12.5. The van der Waals surface area contributed by atoms with Crippen LogP contribution in [0.15, 0.2) is 23.0 Å². The van der Waals surface area contributed by atoms with Crippen LogP contribution in [0.2, 0.25) is 0 Å². The van der Waals surface area contributed by atoms with Crippen molar-refractivity contribution in [3.63, 3.8) is 0 Å². The molecule has 0 N–H and O–H groups in total. The Balaban J connectivity index is 1.98. The molecule has 1 atom stereocenters. The molecule has 0 fully saturated rings. The number of hydrogen-bond donors (Lipinski definition) is 0. The minimum absolute atomic E-state index is 0.0904. The molecule has 0 radical (unpaired) electrons. The Bertz CT molecular complexity index is 288. The highest BCUT2D eigenvalue weighted by Crippen LogP contribution is 2.36. The molecule has 1 aliphatic rings. The number of thioether (sulfide) groups is 4. The Kier molecular flexibility index (Phi) is 8.70. The lowest BCUT2D eigenvalue weighted by atomic mass is 10.3. The Morgan fingerprint density at radius 3 is 3.12 bits per heavy atom. The molecule has 1 heterocycles. The summed E-state index contributed by atoms with van der Waals surface area (Å²) in [6.07, 6.45) is 3.68. The van der Waals surface area contributed by atoms with E-state index in [1.54, 1.807) is 0 Å². The van der Waals surface area contributed by atoms with Crippen LogP contribution in [0.1, 0.15) is 19.8 Å². The van der Waals surface area contributed by atoms with Gasteiger partial charge in [-0.25, -0.2) is 0 Å². The standard InChI is InChI=1S/C12H18OS4/c1-3-12(13)16-6-4-5-15-10(2)7-11-8-14-9-17-11/h3,8,10H,1,4-7,9H2,2H3. The molecule has 0 aromatic carbocycles. The molecule has 17 heavy (non-hydrogen) atoms. The number of carbonyl (C=O) groups is 1. The Morgan fingerprint density at radius 2 is 2.47 bits per heavy atom. The van der Waals surface area contributed by atoms with E-state index in [1.165, 1.54) is 34.2 Å². The molecule has 0 aliphatic carbocycles. The first-order valence-electron chi connectivity index (χ1n) is 5.56. The molecule has 5 heteroatoms. The summed E-state index contributed by atoms with van der Waals surface area (Å²) in [7, 11) is 0. The van der Waals surface area contributed by atoms with E-state index in [2.05, 4.69) is 18.9 Å². The Morgan fingerprint density at radius 1 is 1.65 bits per heavy atom. The second kappa shape index (κ2) is 9.48. The van der Waals surface area contributed by atoms with E-state index < -0.39 is 0 Å². The Labute approximate surface area is 121 Å². The fourth-order valence-electron chi connectivity index (χ4n) is 1.30. The fourth-order valence-corrected chi connectivity index (χ4v) is 5.48. The minimum atomic E-state index is 0.0904. The molecule has 0 saturated carbocycles. The van der Waals surface area contributed by atoms with Crippen LogP contribution in [0, 0.1) is 0 Å². The first-order chi connectivity index (χ1) is 8.22. The summed E-state index contributed by atoms with van der Waals surface area (Å²) in [5.41, 5.74) is 0. The zero-order valence-corrected chi connectivity index (χ0v) is 13.3. The molecule has 0 saturated heterocycles. The Hall–Kier alpha value is 0.550. The van der Waals surface area contributed by atoms with Gasteiger partial charge in [0.25, 0.3) is 0 Å². The van der Waals surface area contributed by atoms with Crippen LogP contribution in [0.4, 0.5) is 0 Å². The van der Waals surface area contributed by atoms with Gasteiger partial charge in [0.1, 0.15) is 0 Å². The minimum Gasteiger partial charge on any atom is -0.282 e. The zero-order valence-electron chi connectivity index (χ0n) is 10.0. The van der Waals surface area contributed by atoms with Crippen molar-refractivity contribution in [1.82, 2.24) is 0 Å². The van der Waals surface area contributed by atoms with Gasteiger partial charge in [0.05, 0.1) is 0 Å². The number of hydrogen-bond acceptors (Lipinski definition) is 5. The maximum absolute atomic E-state index is 11.0. The lowest BCUT2D eigenvalue weighted by Gasteiger charge is -2.10. The van der Waals surface area contributed by atoms with Crippen molar-refractivity contribution in [2.75, 3.05) is 16.6 Å². The highest BCUT2D eigenvalue weighted by Gasteiger charge is 2.10. The molecule has 1 rings (SSSR count). The molecule has 1 aliphatic heterocycles. The van der Waals surface area contributed by atoms with E-state index in [4.69, 9.17) is 0 Å². The van der Waals surface area contributed by atoms with E-state index in [0.29, 0.717) is 5.25 Å². The monoisotopic (exact) mass is 306 g/mol. The van der Waals surface area contributed by atoms with Crippen molar-refractivity contribution in [3.8, 4) is 0 Å². The average Bonchev–Trinajstić information content (AvgIpc) is 2.81. The van der Waals surface area contributed by atoms with Crippen LogP contribution < -0.4 is 0 Å². The first-order valence-corrected chi connectivity index (χ1v) is 9.63.